The summed E-state index contributed by atoms with van der Waals surface area (Å²) in [4.78, 5) is 0. The molecule has 0 atom stereocenters. The fraction of sp³-hybridized carbons (Fsp3) is 0.500. The van der Waals surface area contributed by atoms with Crippen molar-refractivity contribution in [1.82, 2.24) is 15.1 Å². The summed E-state index contributed by atoms with van der Waals surface area (Å²) >= 11 is 0. The number of hydrogen-bond acceptors (Lipinski definition) is 2. The molecular formula is C18H27N3. The van der Waals surface area contributed by atoms with Crippen LogP contribution in [0.25, 0.3) is 0 Å². The van der Waals surface area contributed by atoms with Gasteiger partial charge in [-0.3, -0.25) is 4.68 Å². The Bertz CT molecular complexity index is 597. The van der Waals surface area contributed by atoms with Crippen molar-refractivity contribution < 1.29 is 0 Å². The second kappa shape index (κ2) is 6.90. The number of aryl methyl sites for hydroxylation is 2. The van der Waals surface area contributed by atoms with Crippen molar-refractivity contribution >= 4 is 0 Å². The average molecular weight is 285 g/mol. The maximum Gasteiger partial charge on any atom is 0.0662 e. The molecule has 0 amide bonds. The third-order valence-electron chi connectivity index (χ3n) is 3.80. The van der Waals surface area contributed by atoms with Crippen molar-refractivity contribution in [3.05, 3.63) is 52.3 Å². The summed E-state index contributed by atoms with van der Waals surface area (Å²) < 4.78 is 2.12. The first-order valence-electron chi connectivity index (χ1n) is 7.76. The molecule has 2 rings (SSSR count). The van der Waals surface area contributed by atoms with Gasteiger partial charge >= 0.3 is 0 Å². The molecule has 0 unspecified atom stereocenters. The van der Waals surface area contributed by atoms with Crippen molar-refractivity contribution in [3.63, 3.8) is 0 Å². The molecule has 1 N–H and O–H groups in total. The van der Waals surface area contributed by atoms with E-state index in [1.165, 1.54) is 22.4 Å². The summed E-state index contributed by atoms with van der Waals surface area (Å²) in [7, 11) is 0. The Kier molecular flexibility index (Phi) is 5.18. The highest BCUT2D eigenvalue weighted by Crippen LogP contribution is 2.15. The molecule has 2 aromatic rings. The normalized spacial score (nSPS) is 11.3. The fourth-order valence-corrected chi connectivity index (χ4v) is 2.61. The molecule has 0 aliphatic heterocycles. The quantitative estimate of drug-likeness (QED) is 0.879. The maximum absolute atomic E-state index is 4.71. The van der Waals surface area contributed by atoms with Crippen molar-refractivity contribution in [2.24, 2.45) is 5.92 Å². The summed E-state index contributed by atoms with van der Waals surface area (Å²) in [6.45, 7) is 13.7. The highest BCUT2D eigenvalue weighted by atomic mass is 15.3. The van der Waals surface area contributed by atoms with E-state index in [-0.39, 0.29) is 0 Å². The lowest BCUT2D eigenvalue weighted by molar-refractivity contribution is 0.550. The van der Waals surface area contributed by atoms with E-state index in [4.69, 9.17) is 5.10 Å². The van der Waals surface area contributed by atoms with E-state index >= 15 is 0 Å². The number of nitrogens with one attached hydrogen (secondary N) is 1. The van der Waals surface area contributed by atoms with Gasteiger partial charge in [0.05, 0.1) is 12.2 Å². The van der Waals surface area contributed by atoms with E-state index in [0.29, 0.717) is 5.92 Å². The molecule has 0 saturated carbocycles. The lowest BCUT2D eigenvalue weighted by Gasteiger charge is -2.09. The number of rotatable bonds is 6. The molecule has 0 aliphatic carbocycles. The second-order valence-corrected chi connectivity index (χ2v) is 6.32. The van der Waals surface area contributed by atoms with Crippen LogP contribution >= 0.6 is 0 Å². The van der Waals surface area contributed by atoms with Gasteiger partial charge in [-0.2, -0.15) is 5.10 Å². The largest absolute Gasteiger partial charge is 0.312 e. The van der Waals surface area contributed by atoms with Crippen LogP contribution in [0.2, 0.25) is 0 Å². The molecular weight excluding hydrogens is 258 g/mol. The van der Waals surface area contributed by atoms with Gasteiger partial charge in [-0.1, -0.05) is 43.7 Å². The molecule has 0 radical (unpaired) electrons. The monoisotopic (exact) mass is 285 g/mol. The van der Waals surface area contributed by atoms with Crippen molar-refractivity contribution in [2.45, 2.75) is 47.7 Å². The predicted octanol–water partition coefficient (Wildman–Crippen LogP) is 3.60. The van der Waals surface area contributed by atoms with Crippen LogP contribution < -0.4 is 5.32 Å². The SMILES string of the molecule is Cc1cccc(Cn2nc(C)c(CNCC(C)C)c2C)c1. The first-order valence-corrected chi connectivity index (χ1v) is 7.76. The molecule has 0 aliphatic rings. The molecule has 3 heteroatoms. The van der Waals surface area contributed by atoms with Gasteiger partial charge < -0.3 is 5.32 Å². The molecule has 1 aromatic heterocycles. The number of nitrogens with zero attached hydrogens (tertiary/aromatic N) is 2. The van der Waals surface area contributed by atoms with Gasteiger partial charge in [-0.15, -0.1) is 0 Å². The minimum Gasteiger partial charge on any atom is -0.312 e. The third kappa shape index (κ3) is 4.18. The third-order valence-corrected chi connectivity index (χ3v) is 3.80. The average Bonchev–Trinajstić information content (AvgIpc) is 2.66. The Morgan fingerprint density at radius 3 is 2.62 bits per heavy atom. The van der Waals surface area contributed by atoms with Crippen LogP contribution in [0.3, 0.4) is 0 Å². The van der Waals surface area contributed by atoms with Gasteiger partial charge in [0.1, 0.15) is 0 Å². The predicted molar refractivity (Wildman–Crippen MR) is 88.5 cm³/mol. The van der Waals surface area contributed by atoms with E-state index in [1.54, 1.807) is 0 Å². The molecule has 114 valence electrons. The lowest BCUT2D eigenvalue weighted by atomic mass is 10.1. The second-order valence-electron chi connectivity index (χ2n) is 6.32. The molecule has 0 saturated heterocycles. The Hall–Kier alpha value is -1.61. The summed E-state index contributed by atoms with van der Waals surface area (Å²) in [5, 5.41) is 8.23. The Morgan fingerprint density at radius 2 is 1.95 bits per heavy atom. The summed E-state index contributed by atoms with van der Waals surface area (Å²) in [5.74, 6) is 0.674. The topological polar surface area (TPSA) is 29.9 Å². The van der Waals surface area contributed by atoms with Crippen LogP contribution in [0, 0.1) is 26.7 Å². The van der Waals surface area contributed by atoms with Gasteiger partial charge in [-0.25, -0.2) is 0 Å². The first-order chi connectivity index (χ1) is 9.97. The zero-order valence-electron chi connectivity index (χ0n) is 13.9. The fourth-order valence-electron chi connectivity index (χ4n) is 2.61. The van der Waals surface area contributed by atoms with Crippen LogP contribution in [0.4, 0.5) is 0 Å². The lowest BCUT2D eigenvalue weighted by Crippen LogP contribution is -2.19. The first kappa shape index (κ1) is 15.8. The van der Waals surface area contributed by atoms with Crippen LogP contribution in [0.1, 0.15) is 41.9 Å². The smallest absolute Gasteiger partial charge is 0.0662 e. The van der Waals surface area contributed by atoms with Gasteiger partial charge in [0.25, 0.3) is 0 Å². The van der Waals surface area contributed by atoms with E-state index in [9.17, 15) is 0 Å². The number of hydrogen-bond donors (Lipinski definition) is 1. The zero-order valence-corrected chi connectivity index (χ0v) is 13.9. The van der Waals surface area contributed by atoms with Gasteiger partial charge in [-0.05, 0) is 38.8 Å². The Morgan fingerprint density at radius 1 is 1.19 bits per heavy atom. The van der Waals surface area contributed by atoms with Crippen LogP contribution in [-0.2, 0) is 13.1 Å². The molecule has 0 spiro atoms. The van der Waals surface area contributed by atoms with E-state index < -0.39 is 0 Å². The Balaban J connectivity index is 2.11. The molecule has 1 aromatic carbocycles. The van der Waals surface area contributed by atoms with Crippen LogP contribution in [0.5, 0.6) is 0 Å². The Labute approximate surface area is 128 Å². The van der Waals surface area contributed by atoms with Crippen LogP contribution in [-0.4, -0.2) is 16.3 Å². The molecule has 1 heterocycles. The van der Waals surface area contributed by atoms with Crippen LogP contribution in [0.15, 0.2) is 24.3 Å². The minimum absolute atomic E-state index is 0.674. The summed E-state index contributed by atoms with van der Waals surface area (Å²) in [5.41, 5.74) is 6.35. The highest BCUT2D eigenvalue weighted by Gasteiger charge is 2.11. The molecule has 0 bridgehead atoms. The van der Waals surface area contributed by atoms with Crippen molar-refractivity contribution in [1.29, 1.82) is 0 Å². The maximum atomic E-state index is 4.71. The standard InChI is InChI=1S/C18H27N3/c1-13(2)10-19-11-18-15(4)20-21(16(18)5)12-17-8-6-7-14(3)9-17/h6-9,13,19H,10-12H2,1-5H3. The highest BCUT2D eigenvalue weighted by molar-refractivity contribution is 5.27. The number of aromatic nitrogens is 2. The van der Waals surface area contributed by atoms with Crippen molar-refractivity contribution in [3.8, 4) is 0 Å². The molecule has 21 heavy (non-hydrogen) atoms. The summed E-state index contributed by atoms with van der Waals surface area (Å²) in [6.07, 6.45) is 0. The van der Waals surface area contributed by atoms with Crippen molar-refractivity contribution in [2.75, 3.05) is 6.54 Å². The van der Waals surface area contributed by atoms with Gasteiger partial charge in [0.2, 0.25) is 0 Å². The van der Waals surface area contributed by atoms with Gasteiger partial charge in [0.15, 0.2) is 0 Å². The van der Waals surface area contributed by atoms with Gasteiger partial charge in [0, 0.05) is 17.8 Å². The summed E-state index contributed by atoms with van der Waals surface area (Å²) in [6, 6.07) is 8.64. The van der Waals surface area contributed by atoms with E-state index in [1.807, 2.05) is 0 Å². The van der Waals surface area contributed by atoms with E-state index in [2.05, 4.69) is 68.9 Å². The number of benzene rings is 1. The molecule has 3 nitrogen and oxygen atoms in total. The van der Waals surface area contributed by atoms with E-state index in [0.717, 1.165) is 25.3 Å². The zero-order chi connectivity index (χ0) is 15.4. The minimum atomic E-state index is 0.674. The molecule has 0 fully saturated rings.